The fourth-order valence-electron chi connectivity index (χ4n) is 3.69. The second-order valence-corrected chi connectivity index (χ2v) is 7.24. The molecule has 1 aliphatic carbocycles. The van der Waals surface area contributed by atoms with Crippen LogP contribution in [0.3, 0.4) is 0 Å². The van der Waals surface area contributed by atoms with Crippen molar-refractivity contribution in [2.24, 2.45) is 5.92 Å². The molecule has 2 aliphatic rings. The summed E-state index contributed by atoms with van der Waals surface area (Å²) in [7, 11) is 0. The summed E-state index contributed by atoms with van der Waals surface area (Å²) in [6.45, 7) is 4.91. The first-order valence-corrected chi connectivity index (χ1v) is 8.72. The first-order chi connectivity index (χ1) is 10.4. The number of rotatable bonds is 5. The van der Waals surface area contributed by atoms with Crippen molar-refractivity contribution in [3.63, 3.8) is 0 Å². The lowest BCUT2D eigenvalue weighted by molar-refractivity contribution is -0.139. The molecule has 0 spiro atoms. The van der Waals surface area contributed by atoms with Gasteiger partial charge in [0.25, 0.3) is 0 Å². The highest BCUT2D eigenvalue weighted by Gasteiger charge is 2.36. The van der Waals surface area contributed by atoms with E-state index >= 15 is 0 Å². The molecule has 2 rings (SSSR count). The zero-order chi connectivity index (χ0) is 16.2. The van der Waals surface area contributed by atoms with Gasteiger partial charge in [-0.05, 0) is 25.2 Å². The minimum atomic E-state index is -0.775. The van der Waals surface area contributed by atoms with Gasteiger partial charge in [-0.1, -0.05) is 39.5 Å². The smallest absolute Gasteiger partial charge is 0.243 e. The third-order valence-corrected chi connectivity index (χ3v) is 4.97. The van der Waals surface area contributed by atoms with Crippen LogP contribution in [0.25, 0.3) is 0 Å². The molecule has 1 heterocycles. The zero-order valence-electron chi connectivity index (χ0n) is 13.9. The molecule has 2 amide bonds. The second-order valence-electron chi connectivity index (χ2n) is 7.24. The number of hydrogen-bond acceptors (Lipinski definition) is 3. The van der Waals surface area contributed by atoms with Gasteiger partial charge in [0.05, 0.1) is 5.60 Å². The lowest BCUT2D eigenvalue weighted by Crippen LogP contribution is -2.53. The van der Waals surface area contributed by atoms with Gasteiger partial charge in [-0.2, -0.15) is 0 Å². The van der Waals surface area contributed by atoms with E-state index in [0.29, 0.717) is 19.5 Å². The number of aliphatic hydroxyl groups is 1. The molecule has 1 aliphatic heterocycles. The molecule has 1 saturated carbocycles. The number of nitrogens with zero attached hydrogens (tertiary/aromatic N) is 1. The van der Waals surface area contributed by atoms with Crippen LogP contribution >= 0.6 is 0 Å². The molecule has 2 fully saturated rings. The first-order valence-electron chi connectivity index (χ1n) is 8.72. The van der Waals surface area contributed by atoms with E-state index in [1.165, 1.54) is 0 Å². The van der Waals surface area contributed by atoms with E-state index in [0.717, 1.165) is 44.9 Å². The van der Waals surface area contributed by atoms with Crippen molar-refractivity contribution in [1.29, 1.82) is 0 Å². The summed E-state index contributed by atoms with van der Waals surface area (Å²) >= 11 is 0. The second kappa shape index (κ2) is 7.44. The Labute approximate surface area is 133 Å². The molecule has 0 aromatic carbocycles. The normalized spacial score (nSPS) is 23.5. The van der Waals surface area contributed by atoms with Crippen LogP contribution in [-0.2, 0) is 9.59 Å². The van der Waals surface area contributed by atoms with E-state index in [1.807, 2.05) is 13.8 Å². The molecule has 0 aromatic heterocycles. The largest absolute Gasteiger partial charge is 0.388 e. The molecule has 5 heteroatoms. The van der Waals surface area contributed by atoms with Gasteiger partial charge in [-0.25, -0.2) is 0 Å². The Bertz CT molecular complexity index is 401. The highest BCUT2D eigenvalue weighted by molar-refractivity contribution is 5.88. The van der Waals surface area contributed by atoms with Gasteiger partial charge in [0, 0.05) is 19.5 Å². The van der Waals surface area contributed by atoms with Crippen LogP contribution in [0, 0.1) is 5.92 Å². The molecule has 2 N–H and O–H groups in total. The molecular formula is C17H30N2O3. The molecule has 1 saturated heterocycles. The Morgan fingerprint density at radius 1 is 1.23 bits per heavy atom. The highest BCUT2D eigenvalue weighted by Crippen LogP contribution is 2.26. The summed E-state index contributed by atoms with van der Waals surface area (Å²) in [6, 6.07) is -0.413. The van der Waals surface area contributed by atoms with Gasteiger partial charge in [-0.3, -0.25) is 9.59 Å². The number of carbonyl (C=O) groups is 2. The van der Waals surface area contributed by atoms with Crippen molar-refractivity contribution in [3.05, 3.63) is 0 Å². The Morgan fingerprint density at radius 2 is 1.86 bits per heavy atom. The van der Waals surface area contributed by atoms with Crippen LogP contribution in [0.15, 0.2) is 0 Å². The molecule has 126 valence electrons. The van der Waals surface area contributed by atoms with Gasteiger partial charge < -0.3 is 15.3 Å². The van der Waals surface area contributed by atoms with E-state index in [-0.39, 0.29) is 17.7 Å². The minimum absolute atomic E-state index is 0.0713. The van der Waals surface area contributed by atoms with Crippen LogP contribution in [-0.4, -0.2) is 46.6 Å². The standard InChI is InChI=1S/C17H30N2O3/c1-13(2)15(19-11-7-8-14(19)20)16(21)18-12-17(22)9-5-3-4-6-10-17/h13,15,22H,3-12H2,1-2H3,(H,18,21)/t15-/m1/s1. The van der Waals surface area contributed by atoms with E-state index in [9.17, 15) is 14.7 Å². The predicted molar refractivity (Wildman–Crippen MR) is 85.2 cm³/mol. The Hall–Kier alpha value is -1.10. The quantitative estimate of drug-likeness (QED) is 0.761. The summed E-state index contributed by atoms with van der Waals surface area (Å²) in [6.07, 6.45) is 7.24. The third kappa shape index (κ3) is 4.22. The van der Waals surface area contributed by atoms with E-state index in [4.69, 9.17) is 0 Å². The van der Waals surface area contributed by atoms with Crippen molar-refractivity contribution in [2.45, 2.75) is 76.9 Å². The lowest BCUT2D eigenvalue weighted by atomic mass is 9.94. The molecular weight excluding hydrogens is 280 g/mol. The number of nitrogens with one attached hydrogen (secondary N) is 1. The summed E-state index contributed by atoms with van der Waals surface area (Å²) in [5, 5.41) is 13.6. The van der Waals surface area contributed by atoms with E-state index in [1.54, 1.807) is 4.90 Å². The molecule has 0 radical (unpaired) electrons. The van der Waals surface area contributed by atoms with Crippen molar-refractivity contribution in [2.75, 3.05) is 13.1 Å². The Kier molecular flexibility index (Phi) is 5.84. The molecule has 0 aromatic rings. The van der Waals surface area contributed by atoms with Crippen LogP contribution < -0.4 is 5.32 Å². The number of hydrogen-bond donors (Lipinski definition) is 2. The SMILES string of the molecule is CC(C)[C@H](C(=O)NCC1(O)CCCCCC1)N1CCCC1=O. The molecule has 5 nitrogen and oxygen atoms in total. The van der Waals surface area contributed by atoms with Gasteiger partial charge >= 0.3 is 0 Å². The van der Waals surface area contributed by atoms with Crippen molar-refractivity contribution in [1.82, 2.24) is 10.2 Å². The van der Waals surface area contributed by atoms with Crippen LogP contribution in [0.4, 0.5) is 0 Å². The van der Waals surface area contributed by atoms with Gasteiger partial charge in [0.15, 0.2) is 0 Å². The van der Waals surface area contributed by atoms with E-state index in [2.05, 4.69) is 5.32 Å². The van der Waals surface area contributed by atoms with Gasteiger partial charge in [0.1, 0.15) is 6.04 Å². The summed E-state index contributed by atoms with van der Waals surface area (Å²) in [4.78, 5) is 26.2. The maximum atomic E-state index is 12.6. The average molecular weight is 310 g/mol. The third-order valence-electron chi connectivity index (χ3n) is 4.97. The van der Waals surface area contributed by atoms with Crippen LogP contribution in [0.1, 0.15) is 65.2 Å². The molecule has 0 bridgehead atoms. The Balaban J connectivity index is 1.94. The monoisotopic (exact) mass is 310 g/mol. The molecule has 1 atom stereocenters. The van der Waals surface area contributed by atoms with Crippen LogP contribution in [0.2, 0.25) is 0 Å². The fraction of sp³-hybridized carbons (Fsp3) is 0.882. The van der Waals surface area contributed by atoms with Crippen molar-refractivity contribution < 1.29 is 14.7 Å². The van der Waals surface area contributed by atoms with Gasteiger partial charge in [0.2, 0.25) is 11.8 Å². The molecule has 22 heavy (non-hydrogen) atoms. The van der Waals surface area contributed by atoms with Crippen molar-refractivity contribution >= 4 is 11.8 Å². The molecule has 0 unspecified atom stereocenters. The first kappa shape index (κ1) is 17.3. The topological polar surface area (TPSA) is 69.6 Å². The van der Waals surface area contributed by atoms with E-state index < -0.39 is 11.6 Å². The average Bonchev–Trinajstić information content (AvgIpc) is 2.74. The summed E-state index contributed by atoms with van der Waals surface area (Å²) in [5.74, 6) is 0.0239. The highest BCUT2D eigenvalue weighted by atomic mass is 16.3. The van der Waals surface area contributed by atoms with Crippen molar-refractivity contribution in [3.8, 4) is 0 Å². The fourth-order valence-corrected chi connectivity index (χ4v) is 3.69. The maximum absolute atomic E-state index is 12.6. The summed E-state index contributed by atoms with van der Waals surface area (Å²) in [5.41, 5.74) is -0.775. The maximum Gasteiger partial charge on any atom is 0.243 e. The number of amides is 2. The predicted octanol–water partition coefficient (Wildman–Crippen LogP) is 1.83. The van der Waals surface area contributed by atoms with Crippen LogP contribution in [0.5, 0.6) is 0 Å². The number of carbonyl (C=O) groups excluding carboxylic acids is 2. The minimum Gasteiger partial charge on any atom is -0.388 e. The Morgan fingerprint density at radius 3 is 2.36 bits per heavy atom. The number of likely N-dealkylation sites (tertiary alicyclic amines) is 1. The lowest BCUT2D eigenvalue weighted by Gasteiger charge is -2.32. The van der Waals surface area contributed by atoms with Gasteiger partial charge in [-0.15, -0.1) is 0 Å². The zero-order valence-corrected chi connectivity index (χ0v) is 13.9. The summed E-state index contributed by atoms with van der Waals surface area (Å²) < 4.78 is 0.